The summed E-state index contributed by atoms with van der Waals surface area (Å²) in [6, 6.07) is 2.22. The first-order valence-corrected chi connectivity index (χ1v) is 4.63. The van der Waals surface area contributed by atoms with Crippen LogP contribution in [0.15, 0.2) is 18.6 Å². The Labute approximate surface area is 77.8 Å². The van der Waals surface area contributed by atoms with Gasteiger partial charge in [0.25, 0.3) is 0 Å². The second kappa shape index (κ2) is 3.70. The summed E-state index contributed by atoms with van der Waals surface area (Å²) in [5, 5.41) is 0. The maximum absolute atomic E-state index is 5.88. The van der Waals surface area contributed by atoms with Crippen molar-refractivity contribution in [3.8, 4) is 0 Å². The van der Waals surface area contributed by atoms with Crippen molar-refractivity contribution in [1.29, 1.82) is 0 Å². The van der Waals surface area contributed by atoms with E-state index in [1.807, 2.05) is 6.07 Å². The summed E-state index contributed by atoms with van der Waals surface area (Å²) in [6.07, 6.45) is 5.63. The fraction of sp³-hybridized carbons (Fsp3) is 0.556. The molecule has 1 aromatic rings. The van der Waals surface area contributed by atoms with Crippen LogP contribution in [0.3, 0.4) is 0 Å². The van der Waals surface area contributed by atoms with E-state index in [2.05, 4.69) is 14.9 Å². The van der Waals surface area contributed by atoms with E-state index >= 15 is 0 Å². The van der Waals surface area contributed by atoms with Crippen LogP contribution in [0.5, 0.6) is 0 Å². The Bertz CT molecular complexity index is 262. The highest BCUT2D eigenvalue weighted by Gasteiger charge is 2.17. The molecule has 4 heteroatoms. The largest absolute Gasteiger partial charge is 0.355 e. The van der Waals surface area contributed by atoms with Gasteiger partial charge in [-0.2, -0.15) is 0 Å². The zero-order chi connectivity index (χ0) is 9.10. The van der Waals surface area contributed by atoms with Crippen LogP contribution in [0.1, 0.15) is 12.8 Å². The van der Waals surface area contributed by atoms with Crippen molar-refractivity contribution >= 4 is 5.82 Å². The van der Waals surface area contributed by atoms with Gasteiger partial charge in [-0.15, -0.1) is 0 Å². The average Bonchev–Trinajstić information content (AvgIpc) is 2.19. The third kappa shape index (κ3) is 1.95. The standard InChI is InChI=1S/C9H14N4/c10-8-2-1-5-13(6-8)9-3-4-11-7-12-9/h3-4,7-8H,1-2,5-6,10H2. The van der Waals surface area contributed by atoms with Crippen molar-refractivity contribution in [2.75, 3.05) is 18.0 Å². The van der Waals surface area contributed by atoms with E-state index in [0.717, 1.165) is 31.7 Å². The Morgan fingerprint density at radius 1 is 1.54 bits per heavy atom. The quantitative estimate of drug-likeness (QED) is 0.676. The molecule has 1 saturated heterocycles. The Morgan fingerprint density at radius 3 is 3.15 bits per heavy atom. The lowest BCUT2D eigenvalue weighted by Gasteiger charge is -2.31. The number of rotatable bonds is 1. The highest BCUT2D eigenvalue weighted by Crippen LogP contribution is 2.15. The molecule has 0 aliphatic carbocycles. The van der Waals surface area contributed by atoms with Gasteiger partial charge in [-0.05, 0) is 18.9 Å². The molecule has 0 saturated carbocycles. The molecule has 1 atom stereocenters. The van der Waals surface area contributed by atoms with Gasteiger partial charge in [0.05, 0.1) is 0 Å². The third-order valence-electron chi connectivity index (χ3n) is 2.35. The Balaban J connectivity index is 2.08. The maximum Gasteiger partial charge on any atom is 0.131 e. The number of piperidine rings is 1. The Kier molecular flexibility index (Phi) is 2.40. The minimum absolute atomic E-state index is 0.295. The lowest BCUT2D eigenvalue weighted by Crippen LogP contribution is -2.43. The summed E-state index contributed by atoms with van der Waals surface area (Å²) in [5.41, 5.74) is 5.88. The highest BCUT2D eigenvalue weighted by molar-refractivity contribution is 5.37. The van der Waals surface area contributed by atoms with Crippen molar-refractivity contribution in [1.82, 2.24) is 9.97 Å². The van der Waals surface area contributed by atoms with E-state index in [1.165, 1.54) is 0 Å². The molecular formula is C9H14N4. The van der Waals surface area contributed by atoms with Gasteiger partial charge in [0.2, 0.25) is 0 Å². The zero-order valence-corrected chi connectivity index (χ0v) is 7.56. The van der Waals surface area contributed by atoms with Crippen LogP contribution < -0.4 is 10.6 Å². The third-order valence-corrected chi connectivity index (χ3v) is 2.35. The molecule has 0 spiro atoms. The first-order chi connectivity index (χ1) is 6.36. The van der Waals surface area contributed by atoms with Gasteiger partial charge in [0, 0.05) is 25.3 Å². The molecule has 4 nitrogen and oxygen atoms in total. The molecule has 1 aliphatic heterocycles. The smallest absolute Gasteiger partial charge is 0.131 e. The molecule has 1 unspecified atom stereocenters. The van der Waals surface area contributed by atoms with Crippen LogP contribution in [0.4, 0.5) is 5.82 Å². The van der Waals surface area contributed by atoms with E-state index in [9.17, 15) is 0 Å². The number of hydrogen-bond donors (Lipinski definition) is 1. The number of aromatic nitrogens is 2. The minimum Gasteiger partial charge on any atom is -0.355 e. The minimum atomic E-state index is 0.295. The second-order valence-electron chi connectivity index (χ2n) is 3.42. The van der Waals surface area contributed by atoms with Gasteiger partial charge in [-0.3, -0.25) is 0 Å². The summed E-state index contributed by atoms with van der Waals surface area (Å²) in [6.45, 7) is 1.97. The predicted octanol–water partition coefficient (Wildman–Crippen LogP) is 0.404. The summed E-state index contributed by atoms with van der Waals surface area (Å²) in [7, 11) is 0. The van der Waals surface area contributed by atoms with Gasteiger partial charge in [0.15, 0.2) is 0 Å². The number of nitrogens with zero attached hydrogens (tertiary/aromatic N) is 3. The zero-order valence-electron chi connectivity index (χ0n) is 7.56. The molecule has 1 aliphatic rings. The molecule has 13 heavy (non-hydrogen) atoms. The normalized spacial score (nSPS) is 23.2. The molecular weight excluding hydrogens is 164 g/mol. The first-order valence-electron chi connectivity index (χ1n) is 4.63. The van der Waals surface area contributed by atoms with Crippen molar-refractivity contribution < 1.29 is 0 Å². The molecule has 0 aromatic carbocycles. The number of nitrogens with two attached hydrogens (primary N) is 1. The fourth-order valence-electron chi connectivity index (χ4n) is 1.69. The molecule has 70 valence electrons. The van der Waals surface area contributed by atoms with Crippen molar-refractivity contribution in [3.05, 3.63) is 18.6 Å². The van der Waals surface area contributed by atoms with Crippen LogP contribution in [-0.4, -0.2) is 29.1 Å². The van der Waals surface area contributed by atoms with Gasteiger partial charge in [0.1, 0.15) is 12.1 Å². The van der Waals surface area contributed by atoms with Crippen LogP contribution in [-0.2, 0) is 0 Å². The summed E-state index contributed by atoms with van der Waals surface area (Å²) in [4.78, 5) is 10.3. The summed E-state index contributed by atoms with van der Waals surface area (Å²) < 4.78 is 0. The van der Waals surface area contributed by atoms with Crippen LogP contribution in [0, 0.1) is 0 Å². The second-order valence-corrected chi connectivity index (χ2v) is 3.42. The predicted molar refractivity (Wildman–Crippen MR) is 51.5 cm³/mol. The molecule has 1 fully saturated rings. The molecule has 1 aromatic heterocycles. The van der Waals surface area contributed by atoms with Crippen molar-refractivity contribution in [2.24, 2.45) is 5.73 Å². The fourth-order valence-corrected chi connectivity index (χ4v) is 1.69. The van der Waals surface area contributed by atoms with Crippen LogP contribution >= 0.6 is 0 Å². The van der Waals surface area contributed by atoms with Crippen LogP contribution in [0.2, 0.25) is 0 Å². The topological polar surface area (TPSA) is 55.0 Å². The SMILES string of the molecule is NC1CCCN(c2ccncn2)C1. The van der Waals surface area contributed by atoms with Crippen LogP contribution in [0.25, 0.3) is 0 Å². The molecule has 0 bridgehead atoms. The number of hydrogen-bond acceptors (Lipinski definition) is 4. The van der Waals surface area contributed by atoms with Crippen molar-refractivity contribution in [3.63, 3.8) is 0 Å². The Morgan fingerprint density at radius 2 is 2.46 bits per heavy atom. The average molecular weight is 178 g/mol. The lowest BCUT2D eigenvalue weighted by molar-refractivity contribution is 0.503. The van der Waals surface area contributed by atoms with Gasteiger partial charge in [-0.1, -0.05) is 0 Å². The highest BCUT2D eigenvalue weighted by atomic mass is 15.2. The van der Waals surface area contributed by atoms with Gasteiger partial charge in [-0.25, -0.2) is 9.97 Å². The van der Waals surface area contributed by atoms with Gasteiger partial charge >= 0.3 is 0 Å². The monoisotopic (exact) mass is 178 g/mol. The number of anilines is 1. The van der Waals surface area contributed by atoms with E-state index in [0.29, 0.717) is 6.04 Å². The van der Waals surface area contributed by atoms with E-state index in [-0.39, 0.29) is 0 Å². The maximum atomic E-state index is 5.88. The molecule has 0 amide bonds. The summed E-state index contributed by atoms with van der Waals surface area (Å²) in [5.74, 6) is 0.991. The summed E-state index contributed by atoms with van der Waals surface area (Å²) >= 11 is 0. The molecule has 2 rings (SSSR count). The van der Waals surface area contributed by atoms with Crippen molar-refractivity contribution in [2.45, 2.75) is 18.9 Å². The van der Waals surface area contributed by atoms with E-state index in [1.54, 1.807) is 12.5 Å². The first kappa shape index (κ1) is 8.44. The molecule has 2 N–H and O–H groups in total. The molecule has 0 radical (unpaired) electrons. The molecule has 2 heterocycles. The van der Waals surface area contributed by atoms with Gasteiger partial charge < -0.3 is 10.6 Å². The Hall–Kier alpha value is -1.16. The lowest BCUT2D eigenvalue weighted by atomic mass is 10.1. The van der Waals surface area contributed by atoms with E-state index in [4.69, 9.17) is 5.73 Å². The van der Waals surface area contributed by atoms with E-state index < -0.39 is 0 Å².